The van der Waals surface area contributed by atoms with E-state index in [0.717, 1.165) is 31.6 Å². The molecule has 0 saturated carbocycles. The molecule has 2 aromatic rings. The molecule has 2 aromatic carbocycles. The molecule has 2 fully saturated rings. The number of rotatable bonds is 6. The Morgan fingerprint density at radius 1 is 1.03 bits per heavy atom. The van der Waals surface area contributed by atoms with Crippen molar-refractivity contribution in [2.24, 2.45) is 0 Å². The van der Waals surface area contributed by atoms with Gasteiger partial charge in [-0.2, -0.15) is 0 Å². The van der Waals surface area contributed by atoms with Crippen molar-refractivity contribution in [2.75, 3.05) is 44.7 Å². The Morgan fingerprint density at radius 3 is 2.56 bits per heavy atom. The Morgan fingerprint density at radius 2 is 1.84 bits per heavy atom. The highest BCUT2D eigenvalue weighted by molar-refractivity contribution is 6.00. The summed E-state index contributed by atoms with van der Waals surface area (Å²) in [6.45, 7) is 3.22. The third-order valence-corrected chi connectivity index (χ3v) is 6.31. The second kappa shape index (κ2) is 9.96. The van der Waals surface area contributed by atoms with Crippen molar-refractivity contribution in [1.29, 1.82) is 0 Å². The lowest BCUT2D eigenvalue weighted by Crippen LogP contribution is -2.60. The zero-order valence-corrected chi connectivity index (χ0v) is 18.5. The van der Waals surface area contributed by atoms with E-state index in [1.807, 2.05) is 24.3 Å². The van der Waals surface area contributed by atoms with Crippen molar-refractivity contribution in [2.45, 2.75) is 25.3 Å². The molecular formula is C25H30N4O3. The molecule has 2 aliphatic rings. The lowest BCUT2D eigenvalue weighted by atomic mass is 10.1. The summed E-state index contributed by atoms with van der Waals surface area (Å²) < 4.78 is 0. The quantitative estimate of drug-likeness (QED) is 0.754. The van der Waals surface area contributed by atoms with E-state index in [4.69, 9.17) is 0 Å². The van der Waals surface area contributed by atoms with Gasteiger partial charge < -0.3 is 15.1 Å². The van der Waals surface area contributed by atoms with Crippen LogP contribution >= 0.6 is 0 Å². The summed E-state index contributed by atoms with van der Waals surface area (Å²) in [5.41, 5.74) is 2.51. The Bertz CT molecular complexity index is 978. The van der Waals surface area contributed by atoms with E-state index >= 15 is 0 Å². The van der Waals surface area contributed by atoms with Crippen LogP contribution in [0, 0.1) is 0 Å². The Hall–Kier alpha value is -3.19. The van der Waals surface area contributed by atoms with Gasteiger partial charge in [-0.25, -0.2) is 0 Å². The van der Waals surface area contributed by atoms with Gasteiger partial charge in [0.2, 0.25) is 11.8 Å². The molecule has 0 spiro atoms. The number of carbonyl (C=O) groups is 3. The van der Waals surface area contributed by atoms with Crippen molar-refractivity contribution in [3.05, 3.63) is 65.7 Å². The number of nitrogens with one attached hydrogen (secondary N) is 1. The number of piperazine rings is 1. The number of benzene rings is 2. The fraction of sp³-hybridized carbons (Fsp3) is 0.400. The van der Waals surface area contributed by atoms with Crippen LogP contribution in [0.2, 0.25) is 0 Å². The Kier molecular flexibility index (Phi) is 6.85. The largest absolute Gasteiger partial charge is 0.357 e. The molecule has 4 rings (SSSR count). The molecule has 0 unspecified atom stereocenters. The normalized spacial score (nSPS) is 19.3. The molecule has 3 amide bonds. The molecule has 2 heterocycles. The van der Waals surface area contributed by atoms with Crippen LogP contribution < -0.4 is 10.2 Å². The lowest BCUT2D eigenvalue weighted by molar-refractivity contribution is -0.127. The van der Waals surface area contributed by atoms with E-state index in [0.29, 0.717) is 31.6 Å². The van der Waals surface area contributed by atoms with Gasteiger partial charge in [0.15, 0.2) is 0 Å². The highest BCUT2D eigenvalue weighted by atomic mass is 16.2. The standard InChI is InChI=1S/C25H30N4O3/c1-26-24(31)22-18-27(14-12-19-7-3-2-4-8-19)15-16-29(22)25(32)20-9-5-10-21(17-20)28-13-6-11-23(28)30/h2-5,7-10,17,22H,6,11-16,18H2,1H3,(H,26,31)/t22-/m1/s1. The van der Waals surface area contributed by atoms with Crippen LogP contribution in [0.25, 0.3) is 0 Å². The second-order valence-corrected chi connectivity index (χ2v) is 8.36. The average molecular weight is 435 g/mol. The van der Waals surface area contributed by atoms with Gasteiger partial charge in [0.1, 0.15) is 6.04 Å². The number of hydrogen-bond donors (Lipinski definition) is 1. The first kappa shape index (κ1) is 22.0. The van der Waals surface area contributed by atoms with E-state index < -0.39 is 6.04 Å². The smallest absolute Gasteiger partial charge is 0.254 e. The summed E-state index contributed by atoms with van der Waals surface area (Å²) in [4.78, 5) is 43.8. The zero-order valence-electron chi connectivity index (χ0n) is 18.5. The van der Waals surface area contributed by atoms with Crippen LogP contribution in [-0.2, 0) is 16.0 Å². The average Bonchev–Trinajstić information content (AvgIpc) is 3.28. The SMILES string of the molecule is CNC(=O)[C@H]1CN(CCc2ccccc2)CCN1C(=O)c1cccc(N2CCCC2=O)c1. The summed E-state index contributed by atoms with van der Waals surface area (Å²) in [5, 5.41) is 2.71. The van der Waals surface area contributed by atoms with Crippen LogP contribution in [-0.4, -0.2) is 73.3 Å². The molecule has 1 atom stereocenters. The summed E-state index contributed by atoms with van der Waals surface area (Å²) in [5.74, 6) is -0.242. The Labute approximate surface area is 189 Å². The summed E-state index contributed by atoms with van der Waals surface area (Å²) in [6.07, 6.45) is 2.28. The van der Waals surface area contributed by atoms with Gasteiger partial charge in [-0.1, -0.05) is 36.4 Å². The Balaban J connectivity index is 1.47. The minimum Gasteiger partial charge on any atom is -0.357 e. The van der Waals surface area contributed by atoms with E-state index in [1.54, 1.807) is 35.0 Å². The summed E-state index contributed by atoms with van der Waals surface area (Å²) >= 11 is 0. The summed E-state index contributed by atoms with van der Waals surface area (Å²) in [7, 11) is 1.60. The predicted octanol–water partition coefficient (Wildman–Crippen LogP) is 1.93. The first-order valence-electron chi connectivity index (χ1n) is 11.3. The van der Waals surface area contributed by atoms with Crippen LogP contribution in [0.4, 0.5) is 5.69 Å². The lowest BCUT2D eigenvalue weighted by Gasteiger charge is -2.40. The van der Waals surface area contributed by atoms with Crippen LogP contribution in [0.5, 0.6) is 0 Å². The van der Waals surface area contributed by atoms with Gasteiger partial charge >= 0.3 is 0 Å². The number of likely N-dealkylation sites (N-methyl/N-ethyl adjacent to an activating group) is 1. The number of anilines is 1. The predicted molar refractivity (Wildman–Crippen MR) is 124 cm³/mol. The molecule has 0 bridgehead atoms. The fourth-order valence-corrected chi connectivity index (χ4v) is 4.50. The first-order valence-corrected chi connectivity index (χ1v) is 11.3. The van der Waals surface area contributed by atoms with E-state index in [9.17, 15) is 14.4 Å². The molecule has 2 saturated heterocycles. The van der Waals surface area contributed by atoms with Crippen molar-refractivity contribution in [1.82, 2.24) is 15.1 Å². The van der Waals surface area contributed by atoms with Gasteiger partial charge in [-0.15, -0.1) is 0 Å². The van der Waals surface area contributed by atoms with E-state index in [-0.39, 0.29) is 17.7 Å². The molecule has 7 nitrogen and oxygen atoms in total. The maximum absolute atomic E-state index is 13.4. The summed E-state index contributed by atoms with van der Waals surface area (Å²) in [6, 6.07) is 16.9. The van der Waals surface area contributed by atoms with Crippen molar-refractivity contribution in [3.63, 3.8) is 0 Å². The van der Waals surface area contributed by atoms with Crippen LogP contribution in [0.3, 0.4) is 0 Å². The number of hydrogen-bond acceptors (Lipinski definition) is 4. The number of carbonyl (C=O) groups excluding carboxylic acids is 3. The number of amides is 3. The molecule has 2 aliphatic heterocycles. The molecule has 0 radical (unpaired) electrons. The highest BCUT2D eigenvalue weighted by Crippen LogP contribution is 2.24. The fourth-order valence-electron chi connectivity index (χ4n) is 4.50. The van der Waals surface area contributed by atoms with Crippen molar-refractivity contribution in [3.8, 4) is 0 Å². The second-order valence-electron chi connectivity index (χ2n) is 8.36. The first-order chi connectivity index (χ1) is 15.6. The molecule has 1 N–H and O–H groups in total. The van der Waals surface area contributed by atoms with E-state index in [1.165, 1.54) is 5.56 Å². The minimum absolute atomic E-state index is 0.0878. The van der Waals surface area contributed by atoms with E-state index in [2.05, 4.69) is 22.3 Å². The maximum Gasteiger partial charge on any atom is 0.254 e. The monoisotopic (exact) mass is 434 g/mol. The molecular weight excluding hydrogens is 404 g/mol. The number of nitrogens with zero attached hydrogens (tertiary/aromatic N) is 3. The zero-order chi connectivity index (χ0) is 22.5. The van der Waals surface area contributed by atoms with Crippen molar-refractivity contribution >= 4 is 23.4 Å². The molecule has 0 aromatic heterocycles. The topological polar surface area (TPSA) is 73.0 Å². The molecule has 7 heteroatoms. The third kappa shape index (κ3) is 4.83. The van der Waals surface area contributed by atoms with Crippen LogP contribution in [0.1, 0.15) is 28.8 Å². The van der Waals surface area contributed by atoms with Gasteiger partial charge in [0.25, 0.3) is 5.91 Å². The van der Waals surface area contributed by atoms with Gasteiger partial charge in [-0.05, 0) is 36.6 Å². The van der Waals surface area contributed by atoms with Gasteiger partial charge in [-0.3, -0.25) is 19.3 Å². The maximum atomic E-state index is 13.4. The molecule has 168 valence electrons. The molecule has 32 heavy (non-hydrogen) atoms. The van der Waals surface area contributed by atoms with Gasteiger partial charge in [0, 0.05) is 57.4 Å². The third-order valence-electron chi connectivity index (χ3n) is 6.31. The highest BCUT2D eigenvalue weighted by Gasteiger charge is 2.35. The molecule has 0 aliphatic carbocycles. The van der Waals surface area contributed by atoms with Crippen molar-refractivity contribution < 1.29 is 14.4 Å². The van der Waals surface area contributed by atoms with Crippen LogP contribution in [0.15, 0.2) is 54.6 Å². The van der Waals surface area contributed by atoms with Gasteiger partial charge in [0.05, 0.1) is 0 Å². The minimum atomic E-state index is -0.547.